The van der Waals surface area contributed by atoms with Crippen molar-refractivity contribution in [2.45, 2.75) is 233 Å². The molecule has 0 unspecified atom stereocenters. The van der Waals surface area contributed by atoms with Gasteiger partial charge in [0.2, 0.25) is 53.2 Å². The van der Waals surface area contributed by atoms with E-state index in [0.29, 0.717) is 110 Å². The van der Waals surface area contributed by atoms with Crippen LogP contribution in [0.15, 0.2) is 0 Å². The molecule has 0 heterocycles. The van der Waals surface area contributed by atoms with E-state index >= 15 is 0 Å². The van der Waals surface area contributed by atoms with Crippen LogP contribution in [0.25, 0.3) is 0 Å². The second-order valence-corrected chi connectivity index (χ2v) is 21.8. The highest BCUT2D eigenvalue weighted by Gasteiger charge is 2.38. The van der Waals surface area contributed by atoms with Gasteiger partial charge in [-0.2, -0.15) is 0 Å². The number of hydrogen-bond acceptors (Lipinski definition) is 15. The summed E-state index contributed by atoms with van der Waals surface area (Å²) in [7, 11) is 0. The third kappa shape index (κ3) is 27.9. The predicted molar refractivity (Wildman–Crippen MR) is 313 cm³/mol. The zero-order valence-corrected chi connectivity index (χ0v) is 50.6. The highest BCUT2D eigenvalue weighted by atomic mass is 16.4. The number of amides is 9. The normalized spacial score (nSPS) is 16.5. The van der Waals surface area contributed by atoms with Crippen molar-refractivity contribution in [1.29, 1.82) is 0 Å². The van der Waals surface area contributed by atoms with E-state index in [0.717, 1.165) is 0 Å². The van der Waals surface area contributed by atoms with Crippen LogP contribution in [0.5, 0.6) is 0 Å². The lowest BCUT2D eigenvalue weighted by Crippen LogP contribution is -2.62. The second-order valence-electron chi connectivity index (χ2n) is 21.8. The minimum absolute atomic E-state index is 0.100. The van der Waals surface area contributed by atoms with Crippen molar-refractivity contribution < 1.29 is 53.1 Å². The number of nitrogens with two attached hydrogens (primary N) is 5. The van der Waals surface area contributed by atoms with E-state index in [-0.39, 0.29) is 38.1 Å². The van der Waals surface area contributed by atoms with Crippen LogP contribution in [0.2, 0.25) is 0 Å². The Morgan fingerprint density at radius 2 is 0.519 bits per heavy atom. The number of nitrogens with one attached hydrogen (secondary N) is 9. The molecule has 0 rings (SSSR count). The number of carboxylic acid groups (broad SMARTS) is 1. The first-order chi connectivity index (χ1) is 38.4. The van der Waals surface area contributed by atoms with Gasteiger partial charge in [-0.3, -0.25) is 43.2 Å². The Labute approximate surface area is 482 Å². The van der Waals surface area contributed by atoms with Crippen molar-refractivity contribution >= 4 is 59.1 Å². The highest BCUT2D eigenvalue weighted by Crippen LogP contribution is 2.17. The van der Waals surface area contributed by atoms with Gasteiger partial charge in [0.1, 0.15) is 54.4 Å². The summed E-state index contributed by atoms with van der Waals surface area (Å²) in [6.45, 7) is 18.8. The molecule has 20 N–H and O–H groups in total. The molecule has 0 radical (unpaired) electrons. The van der Waals surface area contributed by atoms with Crippen LogP contribution in [0, 0.1) is 29.6 Å². The summed E-state index contributed by atoms with van der Waals surface area (Å²) in [6.07, 6.45) is 6.45. The molecule has 25 nitrogen and oxygen atoms in total. The van der Waals surface area contributed by atoms with Crippen LogP contribution in [0.1, 0.15) is 178 Å². The molecule has 9 amide bonds. The van der Waals surface area contributed by atoms with Gasteiger partial charge in [0.25, 0.3) is 0 Å². The maximum Gasteiger partial charge on any atom is 0.326 e. The molecule has 0 aromatic heterocycles. The van der Waals surface area contributed by atoms with E-state index in [1.807, 2.05) is 27.7 Å². The van der Waals surface area contributed by atoms with E-state index in [9.17, 15) is 53.1 Å². The number of carbonyl (C=O) groups excluding carboxylic acids is 9. The number of unbranched alkanes of at least 4 members (excludes halogenated alkanes) is 4. The molecule has 14 atom stereocenters. The molecule has 0 aliphatic heterocycles. The number of carbonyl (C=O) groups is 10. The van der Waals surface area contributed by atoms with E-state index in [1.54, 1.807) is 41.5 Å². The molecule has 0 aromatic carbocycles. The largest absolute Gasteiger partial charge is 0.480 e. The van der Waals surface area contributed by atoms with Gasteiger partial charge in [0.05, 0.1) is 6.54 Å². The number of rotatable bonds is 45. The van der Waals surface area contributed by atoms with E-state index in [4.69, 9.17) is 28.7 Å². The summed E-state index contributed by atoms with van der Waals surface area (Å²) in [5, 5.41) is 34.8. The van der Waals surface area contributed by atoms with E-state index < -0.39 is 137 Å². The van der Waals surface area contributed by atoms with Gasteiger partial charge in [0.15, 0.2) is 0 Å². The SMILES string of the molecule is CC[C@H](C)[C@H](NC(=O)[C@H](CCCCN)NC(=O)[C@H](CCCCN)NC(=O)[C@@H](NC(=O)[C@@H](NC(=O)[C@H](CCCCN)NC(=O)[C@H](CCCCN)NC(=O)[C@@H](NC(=O)[C@@H](NC(=O)CN)[C@@H](C)CC)[C@@H](C)CC)[C@@H](C)CC)[C@@H](C)CC)C(=O)O. The number of carboxylic acids is 1. The lowest BCUT2D eigenvalue weighted by atomic mass is 9.94. The Balaban J connectivity index is 6.99. The molecule has 0 spiro atoms. The van der Waals surface area contributed by atoms with Gasteiger partial charge in [0, 0.05) is 0 Å². The van der Waals surface area contributed by atoms with Gasteiger partial charge in [-0.15, -0.1) is 0 Å². The van der Waals surface area contributed by atoms with E-state index in [2.05, 4.69) is 47.9 Å². The summed E-state index contributed by atoms with van der Waals surface area (Å²) in [6, 6.07) is -10.6. The average Bonchev–Trinajstić information content (AvgIpc) is 3.45. The molecule has 0 aromatic rings. The molecule has 0 fully saturated rings. The third-order valence-corrected chi connectivity index (χ3v) is 15.5. The molecule has 0 aliphatic rings. The quantitative estimate of drug-likeness (QED) is 0.0361. The van der Waals surface area contributed by atoms with Crippen molar-refractivity contribution in [2.24, 2.45) is 58.3 Å². The lowest BCUT2D eigenvalue weighted by Gasteiger charge is -2.32. The lowest BCUT2D eigenvalue weighted by molar-refractivity contribution is -0.144. The van der Waals surface area contributed by atoms with Gasteiger partial charge < -0.3 is 81.6 Å². The van der Waals surface area contributed by atoms with Crippen LogP contribution in [0.4, 0.5) is 0 Å². The van der Waals surface area contributed by atoms with Gasteiger partial charge in [-0.25, -0.2) is 4.79 Å². The first-order valence-corrected chi connectivity index (χ1v) is 29.9. The van der Waals surface area contributed by atoms with Crippen molar-refractivity contribution in [3.63, 3.8) is 0 Å². The molecule has 0 saturated heterocycles. The van der Waals surface area contributed by atoms with Crippen LogP contribution in [0.3, 0.4) is 0 Å². The fourth-order valence-electron chi connectivity index (χ4n) is 8.83. The zero-order chi connectivity index (χ0) is 61.8. The Bertz CT molecular complexity index is 1930. The summed E-state index contributed by atoms with van der Waals surface area (Å²) >= 11 is 0. The molecule has 0 bridgehead atoms. The van der Waals surface area contributed by atoms with Crippen LogP contribution in [-0.2, 0) is 47.9 Å². The molecular weight excluding hydrogens is 1040 g/mol. The standard InChI is InChI=1S/C56H108N14O11/c1-11-33(6)43(66-42(71)32-61)54(78)68-44(34(7)12-2)52(76)64-38(24-16-20-28-57)48(72)62-40(26-18-22-30-59)50(74)67-46(36(9)14-4)55(79)69-45(35(8)13-3)53(77)65-39(25-17-21-29-58)49(73)63-41(27-19-23-31-60)51(75)70-47(56(80)81)37(10)15-5/h33-41,43-47H,11-32,57-61H2,1-10H3,(H,62,72)(H,63,73)(H,64,76)(H,65,77)(H,66,71)(H,67,74)(H,68,78)(H,69,79)(H,70,75)(H,80,81)/t33-,34-,35-,36-,37-,38-,39-,40-,41-,43-,44-,45-,46-,47-/m0/s1. The summed E-state index contributed by atoms with van der Waals surface area (Å²) in [4.78, 5) is 138. The second kappa shape index (κ2) is 42.3. The maximum absolute atomic E-state index is 14.5. The minimum atomic E-state index is -1.23. The fourth-order valence-corrected chi connectivity index (χ4v) is 8.83. The Hall–Kier alpha value is -5.50. The Morgan fingerprint density at radius 1 is 0.309 bits per heavy atom. The molecule has 25 heteroatoms. The fraction of sp³-hybridized carbons (Fsp3) is 0.821. The zero-order valence-electron chi connectivity index (χ0n) is 50.6. The molecular formula is C56H108N14O11. The summed E-state index contributed by atoms with van der Waals surface area (Å²) < 4.78 is 0. The van der Waals surface area contributed by atoms with Crippen LogP contribution in [-0.4, -0.2) is 151 Å². The average molecular weight is 1150 g/mol. The van der Waals surface area contributed by atoms with Gasteiger partial charge >= 0.3 is 5.97 Å². The van der Waals surface area contributed by atoms with Crippen LogP contribution < -0.4 is 76.5 Å². The number of hydrogen-bond donors (Lipinski definition) is 15. The van der Waals surface area contributed by atoms with Crippen molar-refractivity contribution in [1.82, 2.24) is 47.9 Å². The third-order valence-electron chi connectivity index (χ3n) is 15.5. The van der Waals surface area contributed by atoms with Gasteiger partial charge in [-0.1, -0.05) is 101 Å². The topological polar surface area (TPSA) is 429 Å². The molecule has 0 aliphatic carbocycles. The monoisotopic (exact) mass is 1150 g/mol. The first kappa shape index (κ1) is 75.5. The van der Waals surface area contributed by atoms with Crippen LogP contribution >= 0.6 is 0 Å². The Morgan fingerprint density at radius 3 is 0.765 bits per heavy atom. The van der Waals surface area contributed by atoms with Crippen molar-refractivity contribution in [3.05, 3.63) is 0 Å². The molecule has 468 valence electrons. The maximum atomic E-state index is 14.5. The minimum Gasteiger partial charge on any atom is -0.480 e. The molecule has 0 saturated carbocycles. The summed E-state index contributed by atoms with van der Waals surface area (Å²) in [5.74, 6) is -9.37. The van der Waals surface area contributed by atoms with Crippen molar-refractivity contribution in [3.8, 4) is 0 Å². The Kier molecular flexibility index (Phi) is 39.5. The van der Waals surface area contributed by atoms with Gasteiger partial charge in [-0.05, 0) is 133 Å². The number of aliphatic carboxylic acids is 1. The highest BCUT2D eigenvalue weighted by molar-refractivity contribution is 5.98. The smallest absolute Gasteiger partial charge is 0.326 e. The first-order valence-electron chi connectivity index (χ1n) is 29.9. The van der Waals surface area contributed by atoms with Crippen molar-refractivity contribution in [2.75, 3.05) is 32.7 Å². The molecule has 81 heavy (non-hydrogen) atoms. The van der Waals surface area contributed by atoms with E-state index in [1.165, 1.54) is 0 Å². The summed E-state index contributed by atoms with van der Waals surface area (Å²) in [5.41, 5.74) is 28.7. The predicted octanol–water partition coefficient (Wildman–Crippen LogP) is 0.139.